The molecule has 0 saturated heterocycles. The van der Waals surface area contributed by atoms with E-state index < -0.39 is 0 Å². The highest BCUT2D eigenvalue weighted by atomic mass is 16.5. The first-order valence-corrected chi connectivity index (χ1v) is 7.34. The normalized spacial score (nSPS) is 10.3. The van der Waals surface area contributed by atoms with E-state index in [1.165, 1.54) is 19.3 Å². The second kappa shape index (κ2) is 10.2. The predicted molar refractivity (Wildman–Crippen MR) is 84.0 cm³/mol. The molecule has 1 rings (SSSR count). The molecule has 0 spiro atoms. The summed E-state index contributed by atoms with van der Waals surface area (Å²) < 4.78 is 21.6. The number of methoxy groups -OCH3 is 3. The van der Waals surface area contributed by atoms with E-state index in [1.807, 2.05) is 19.2 Å². The van der Waals surface area contributed by atoms with Crippen molar-refractivity contribution in [3.8, 4) is 23.0 Å². The SMILES string of the molecule is CNCCCCCCOc1cc(OC)c(OC)c(OC)c1. The fourth-order valence-corrected chi connectivity index (χ4v) is 2.09. The van der Waals surface area contributed by atoms with Crippen LogP contribution in [0.3, 0.4) is 0 Å². The molecule has 0 atom stereocenters. The Morgan fingerprint density at radius 1 is 0.857 bits per heavy atom. The van der Waals surface area contributed by atoms with Crippen molar-refractivity contribution in [2.45, 2.75) is 25.7 Å². The van der Waals surface area contributed by atoms with Crippen molar-refractivity contribution in [3.63, 3.8) is 0 Å². The van der Waals surface area contributed by atoms with Gasteiger partial charge in [-0.3, -0.25) is 0 Å². The molecule has 0 fully saturated rings. The first-order valence-electron chi connectivity index (χ1n) is 7.34. The van der Waals surface area contributed by atoms with E-state index in [1.54, 1.807) is 21.3 Å². The van der Waals surface area contributed by atoms with Gasteiger partial charge < -0.3 is 24.3 Å². The van der Waals surface area contributed by atoms with E-state index in [9.17, 15) is 0 Å². The van der Waals surface area contributed by atoms with Crippen molar-refractivity contribution in [1.29, 1.82) is 0 Å². The molecule has 1 aromatic carbocycles. The molecule has 0 saturated carbocycles. The second-order valence-corrected chi connectivity index (χ2v) is 4.73. The summed E-state index contributed by atoms with van der Waals surface area (Å²) in [5.74, 6) is 2.54. The van der Waals surface area contributed by atoms with Crippen molar-refractivity contribution >= 4 is 0 Å². The van der Waals surface area contributed by atoms with Gasteiger partial charge in [-0.15, -0.1) is 0 Å². The molecule has 0 unspecified atom stereocenters. The Bertz CT molecular complexity index is 384. The van der Waals surface area contributed by atoms with Crippen LogP contribution in [0.15, 0.2) is 12.1 Å². The molecule has 1 aromatic rings. The summed E-state index contributed by atoms with van der Waals surface area (Å²) in [6.07, 6.45) is 4.65. The third-order valence-electron chi connectivity index (χ3n) is 3.23. The molecule has 0 aliphatic rings. The molecule has 0 aliphatic heterocycles. The number of nitrogens with one attached hydrogen (secondary N) is 1. The molecule has 0 amide bonds. The zero-order valence-corrected chi connectivity index (χ0v) is 13.5. The Kier molecular flexibility index (Phi) is 8.43. The molecule has 0 heterocycles. The summed E-state index contributed by atoms with van der Waals surface area (Å²) in [4.78, 5) is 0. The standard InChI is InChI=1S/C16H27NO4/c1-17-9-7-5-6-8-10-21-13-11-14(18-2)16(20-4)15(12-13)19-3/h11-12,17H,5-10H2,1-4H3. The second-order valence-electron chi connectivity index (χ2n) is 4.73. The highest BCUT2D eigenvalue weighted by Crippen LogP contribution is 2.40. The number of hydrogen-bond acceptors (Lipinski definition) is 5. The van der Waals surface area contributed by atoms with Gasteiger partial charge in [0.25, 0.3) is 0 Å². The van der Waals surface area contributed by atoms with E-state index in [-0.39, 0.29) is 0 Å². The minimum atomic E-state index is 0.583. The largest absolute Gasteiger partial charge is 0.493 e. The average Bonchev–Trinajstić information content (AvgIpc) is 2.52. The van der Waals surface area contributed by atoms with Crippen molar-refractivity contribution in [1.82, 2.24) is 5.32 Å². The lowest BCUT2D eigenvalue weighted by Gasteiger charge is -2.14. The number of ether oxygens (including phenoxy) is 4. The van der Waals surface area contributed by atoms with Gasteiger partial charge in [-0.1, -0.05) is 12.8 Å². The molecule has 0 aromatic heterocycles. The van der Waals surface area contributed by atoms with E-state index in [2.05, 4.69) is 5.32 Å². The summed E-state index contributed by atoms with van der Waals surface area (Å²) in [7, 11) is 6.77. The van der Waals surface area contributed by atoms with Gasteiger partial charge in [0, 0.05) is 12.1 Å². The molecule has 120 valence electrons. The van der Waals surface area contributed by atoms with Gasteiger partial charge in [-0.05, 0) is 26.4 Å². The summed E-state index contributed by atoms with van der Waals surface area (Å²) in [6.45, 7) is 1.77. The number of rotatable bonds is 11. The van der Waals surface area contributed by atoms with E-state index in [0.29, 0.717) is 23.9 Å². The highest BCUT2D eigenvalue weighted by Gasteiger charge is 2.13. The van der Waals surface area contributed by atoms with Gasteiger partial charge >= 0.3 is 0 Å². The fraction of sp³-hybridized carbons (Fsp3) is 0.625. The molecule has 0 bridgehead atoms. The van der Waals surface area contributed by atoms with Gasteiger partial charge in [0.05, 0.1) is 27.9 Å². The summed E-state index contributed by atoms with van der Waals surface area (Å²) in [6, 6.07) is 3.64. The topological polar surface area (TPSA) is 49.0 Å². The Labute approximate surface area is 127 Å². The van der Waals surface area contributed by atoms with E-state index in [0.717, 1.165) is 18.7 Å². The van der Waals surface area contributed by atoms with Crippen LogP contribution in [0.1, 0.15) is 25.7 Å². The average molecular weight is 297 g/mol. The molecular formula is C16H27NO4. The predicted octanol–water partition coefficient (Wildman–Crippen LogP) is 2.87. The van der Waals surface area contributed by atoms with Crippen molar-refractivity contribution < 1.29 is 18.9 Å². The van der Waals surface area contributed by atoms with E-state index >= 15 is 0 Å². The van der Waals surface area contributed by atoms with Crippen LogP contribution in [-0.2, 0) is 0 Å². The minimum absolute atomic E-state index is 0.583. The Morgan fingerprint density at radius 2 is 1.48 bits per heavy atom. The highest BCUT2D eigenvalue weighted by molar-refractivity contribution is 5.55. The van der Waals surface area contributed by atoms with Gasteiger partial charge in [0.15, 0.2) is 11.5 Å². The molecule has 5 heteroatoms. The Balaban J connectivity index is 2.48. The maximum Gasteiger partial charge on any atom is 0.203 e. The lowest BCUT2D eigenvalue weighted by molar-refractivity contribution is 0.291. The quantitative estimate of drug-likeness (QED) is 0.636. The smallest absolute Gasteiger partial charge is 0.203 e. The molecule has 0 aliphatic carbocycles. The Hall–Kier alpha value is -1.62. The van der Waals surface area contributed by atoms with Gasteiger partial charge in [0.2, 0.25) is 5.75 Å². The molecule has 5 nitrogen and oxygen atoms in total. The molecule has 0 radical (unpaired) electrons. The van der Waals surface area contributed by atoms with Crippen LogP contribution in [0.5, 0.6) is 23.0 Å². The zero-order chi connectivity index (χ0) is 15.5. The van der Waals surface area contributed by atoms with Gasteiger partial charge in [-0.25, -0.2) is 0 Å². The third kappa shape index (κ3) is 5.71. The van der Waals surface area contributed by atoms with Crippen LogP contribution < -0.4 is 24.3 Å². The number of hydrogen-bond donors (Lipinski definition) is 1. The molecular weight excluding hydrogens is 270 g/mol. The van der Waals surface area contributed by atoms with Crippen LogP contribution in [0.2, 0.25) is 0 Å². The minimum Gasteiger partial charge on any atom is -0.493 e. The lowest BCUT2D eigenvalue weighted by atomic mass is 10.2. The van der Waals surface area contributed by atoms with Crippen molar-refractivity contribution in [3.05, 3.63) is 12.1 Å². The van der Waals surface area contributed by atoms with Crippen LogP contribution in [0.4, 0.5) is 0 Å². The molecule has 1 N–H and O–H groups in total. The number of benzene rings is 1. The number of unbranched alkanes of at least 4 members (excludes halogenated alkanes) is 3. The maximum atomic E-state index is 5.77. The van der Waals surface area contributed by atoms with E-state index in [4.69, 9.17) is 18.9 Å². The Morgan fingerprint density at radius 3 is 2.00 bits per heavy atom. The summed E-state index contributed by atoms with van der Waals surface area (Å²) in [5.41, 5.74) is 0. The molecule has 21 heavy (non-hydrogen) atoms. The first-order chi connectivity index (χ1) is 10.3. The fourth-order valence-electron chi connectivity index (χ4n) is 2.09. The monoisotopic (exact) mass is 297 g/mol. The summed E-state index contributed by atoms with van der Waals surface area (Å²) in [5, 5.41) is 3.15. The van der Waals surface area contributed by atoms with Crippen molar-refractivity contribution in [2.75, 3.05) is 41.5 Å². The van der Waals surface area contributed by atoms with Crippen LogP contribution in [0, 0.1) is 0 Å². The van der Waals surface area contributed by atoms with Gasteiger partial charge in [-0.2, -0.15) is 0 Å². The lowest BCUT2D eigenvalue weighted by Crippen LogP contribution is -2.07. The third-order valence-corrected chi connectivity index (χ3v) is 3.23. The zero-order valence-electron chi connectivity index (χ0n) is 13.5. The van der Waals surface area contributed by atoms with Crippen molar-refractivity contribution in [2.24, 2.45) is 0 Å². The van der Waals surface area contributed by atoms with Crippen LogP contribution in [0.25, 0.3) is 0 Å². The first kappa shape index (κ1) is 17.4. The maximum absolute atomic E-state index is 5.77. The van der Waals surface area contributed by atoms with Crippen LogP contribution >= 0.6 is 0 Å². The van der Waals surface area contributed by atoms with Gasteiger partial charge in [0.1, 0.15) is 5.75 Å². The van der Waals surface area contributed by atoms with Crippen LogP contribution in [-0.4, -0.2) is 41.5 Å². The summed E-state index contributed by atoms with van der Waals surface area (Å²) >= 11 is 0.